The lowest BCUT2D eigenvalue weighted by atomic mass is 10.1. The third kappa shape index (κ3) is 7.59. The fourth-order valence-corrected chi connectivity index (χ4v) is 3.11. The van der Waals surface area contributed by atoms with E-state index in [9.17, 15) is 13.2 Å². The molecule has 0 bridgehead atoms. The Balaban J connectivity index is 2.48. The summed E-state index contributed by atoms with van der Waals surface area (Å²) < 4.78 is 22.5. The Hall–Kier alpha value is -1.36. The van der Waals surface area contributed by atoms with Crippen molar-refractivity contribution < 1.29 is 13.2 Å². The first-order valence-electron chi connectivity index (χ1n) is 7.89. The highest BCUT2D eigenvalue weighted by Gasteiger charge is 2.10. The lowest BCUT2D eigenvalue weighted by Gasteiger charge is -2.14. The van der Waals surface area contributed by atoms with E-state index in [2.05, 4.69) is 12.2 Å². The van der Waals surface area contributed by atoms with Crippen molar-refractivity contribution >= 4 is 15.7 Å². The molecule has 0 saturated carbocycles. The van der Waals surface area contributed by atoms with Crippen molar-refractivity contribution in [3.63, 3.8) is 0 Å². The topological polar surface area (TPSA) is 63.2 Å². The van der Waals surface area contributed by atoms with Crippen LogP contribution >= 0.6 is 0 Å². The van der Waals surface area contributed by atoms with E-state index in [1.807, 2.05) is 6.92 Å². The first kappa shape index (κ1) is 18.7. The molecule has 0 heterocycles. The molecule has 1 unspecified atom stereocenters. The smallest absolute Gasteiger partial charge is 0.251 e. The van der Waals surface area contributed by atoms with Crippen LogP contribution in [-0.4, -0.2) is 26.6 Å². The van der Waals surface area contributed by atoms with Gasteiger partial charge in [0.2, 0.25) is 0 Å². The van der Waals surface area contributed by atoms with Crippen molar-refractivity contribution in [2.45, 2.75) is 57.7 Å². The number of hydrogen-bond donors (Lipinski definition) is 1. The lowest BCUT2D eigenvalue weighted by Crippen LogP contribution is -2.32. The van der Waals surface area contributed by atoms with Gasteiger partial charge in [-0.25, -0.2) is 8.42 Å². The van der Waals surface area contributed by atoms with Crippen LogP contribution in [0.15, 0.2) is 24.3 Å². The summed E-state index contributed by atoms with van der Waals surface area (Å²) in [6.45, 7) is 4.19. The maximum absolute atomic E-state index is 12.1. The van der Waals surface area contributed by atoms with Gasteiger partial charge < -0.3 is 5.32 Å². The van der Waals surface area contributed by atoms with Gasteiger partial charge in [-0.1, -0.05) is 44.7 Å². The Bertz CT molecular complexity index is 564. The molecule has 1 N–H and O–H groups in total. The molecular formula is C17H27NO3S. The number of amides is 1. The summed E-state index contributed by atoms with van der Waals surface area (Å²) in [7, 11) is -3.04. The fourth-order valence-electron chi connectivity index (χ4n) is 2.31. The monoisotopic (exact) mass is 325 g/mol. The molecule has 4 nitrogen and oxygen atoms in total. The minimum Gasteiger partial charge on any atom is -0.350 e. The molecule has 22 heavy (non-hydrogen) atoms. The third-order valence-corrected chi connectivity index (χ3v) is 4.37. The van der Waals surface area contributed by atoms with E-state index in [1.165, 1.54) is 25.5 Å². The highest BCUT2D eigenvalue weighted by atomic mass is 32.2. The van der Waals surface area contributed by atoms with E-state index < -0.39 is 9.84 Å². The largest absolute Gasteiger partial charge is 0.350 e. The minimum absolute atomic E-state index is 0.00271. The molecule has 1 atom stereocenters. The van der Waals surface area contributed by atoms with Crippen molar-refractivity contribution in [2.24, 2.45) is 0 Å². The van der Waals surface area contributed by atoms with E-state index in [-0.39, 0.29) is 17.7 Å². The summed E-state index contributed by atoms with van der Waals surface area (Å²) >= 11 is 0. The van der Waals surface area contributed by atoms with Crippen molar-refractivity contribution in [1.29, 1.82) is 0 Å². The first-order valence-corrected chi connectivity index (χ1v) is 9.95. The number of benzene rings is 1. The van der Waals surface area contributed by atoms with Crippen molar-refractivity contribution in [1.82, 2.24) is 5.32 Å². The normalized spacial score (nSPS) is 12.9. The van der Waals surface area contributed by atoms with Crippen LogP contribution in [0.3, 0.4) is 0 Å². The van der Waals surface area contributed by atoms with Gasteiger partial charge in [-0.3, -0.25) is 4.79 Å². The molecule has 0 aromatic heterocycles. The minimum atomic E-state index is -3.04. The Kier molecular flexibility index (Phi) is 7.59. The molecule has 1 amide bonds. The molecule has 1 aromatic rings. The van der Waals surface area contributed by atoms with Gasteiger partial charge in [-0.05, 0) is 31.0 Å². The predicted molar refractivity (Wildman–Crippen MR) is 90.7 cm³/mol. The Labute approximate surface area is 134 Å². The predicted octanol–water partition coefficient (Wildman–Crippen LogP) is 3.32. The van der Waals surface area contributed by atoms with E-state index in [1.54, 1.807) is 24.3 Å². The number of hydrogen-bond acceptors (Lipinski definition) is 3. The number of sulfone groups is 1. The molecular weight excluding hydrogens is 298 g/mol. The number of carbonyl (C=O) groups excluding carboxylic acids is 1. The standard InChI is InChI=1S/C17H27NO3S/c1-4-5-6-7-8-14(2)18-17(19)16-11-9-15(10-12-16)13-22(3,20)21/h9-12,14H,4-8,13H2,1-3H3,(H,18,19). The van der Waals surface area contributed by atoms with Crippen LogP contribution in [-0.2, 0) is 15.6 Å². The van der Waals surface area contributed by atoms with E-state index in [0.29, 0.717) is 11.1 Å². The fraction of sp³-hybridized carbons (Fsp3) is 0.588. The average molecular weight is 325 g/mol. The summed E-state index contributed by atoms with van der Waals surface area (Å²) in [5.74, 6) is -0.100. The van der Waals surface area contributed by atoms with Crippen LogP contribution < -0.4 is 5.32 Å². The van der Waals surface area contributed by atoms with Crippen LogP contribution in [0.1, 0.15) is 61.9 Å². The van der Waals surface area contributed by atoms with Crippen molar-refractivity contribution in [3.8, 4) is 0 Å². The summed E-state index contributed by atoms with van der Waals surface area (Å²) in [4.78, 5) is 12.1. The Morgan fingerprint density at radius 2 is 1.77 bits per heavy atom. The summed E-state index contributed by atoms with van der Waals surface area (Å²) in [5.41, 5.74) is 1.27. The van der Waals surface area contributed by atoms with Crippen LogP contribution in [0.4, 0.5) is 0 Å². The molecule has 0 radical (unpaired) electrons. The second-order valence-corrected chi connectivity index (χ2v) is 8.13. The lowest BCUT2D eigenvalue weighted by molar-refractivity contribution is 0.0938. The molecule has 0 saturated heterocycles. The van der Waals surface area contributed by atoms with Crippen molar-refractivity contribution in [3.05, 3.63) is 35.4 Å². The molecule has 124 valence electrons. The Morgan fingerprint density at radius 3 is 2.32 bits per heavy atom. The number of unbranched alkanes of at least 4 members (excludes halogenated alkanes) is 3. The zero-order valence-corrected chi connectivity index (χ0v) is 14.6. The van der Waals surface area contributed by atoms with Crippen LogP contribution in [0, 0.1) is 0 Å². The Morgan fingerprint density at radius 1 is 1.14 bits per heavy atom. The van der Waals surface area contributed by atoms with Gasteiger partial charge in [0.05, 0.1) is 5.75 Å². The molecule has 0 aliphatic heterocycles. The zero-order chi connectivity index (χ0) is 16.6. The van der Waals surface area contributed by atoms with E-state index in [4.69, 9.17) is 0 Å². The average Bonchev–Trinajstić information content (AvgIpc) is 2.42. The second kappa shape index (κ2) is 8.93. The highest BCUT2D eigenvalue weighted by molar-refractivity contribution is 7.89. The maximum Gasteiger partial charge on any atom is 0.251 e. The van der Waals surface area contributed by atoms with Gasteiger partial charge in [-0.15, -0.1) is 0 Å². The molecule has 1 aromatic carbocycles. The molecule has 0 aliphatic carbocycles. The van der Waals surface area contributed by atoms with E-state index in [0.717, 1.165) is 12.8 Å². The third-order valence-electron chi connectivity index (χ3n) is 3.51. The number of carbonyl (C=O) groups is 1. The van der Waals surface area contributed by atoms with Gasteiger partial charge in [0.1, 0.15) is 0 Å². The van der Waals surface area contributed by atoms with E-state index >= 15 is 0 Å². The van der Waals surface area contributed by atoms with Crippen LogP contribution in [0.25, 0.3) is 0 Å². The molecule has 0 fully saturated rings. The van der Waals surface area contributed by atoms with Crippen LogP contribution in [0.5, 0.6) is 0 Å². The summed E-state index contributed by atoms with van der Waals surface area (Å²) in [5, 5.41) is 2.98. The molecule has 0 aliphatic rings. The molecule has 0 spiro atoms. The SMILES string of the molecule is CCCCCCC(C)NC(=O)c1ccc(CS(C)(=O)=O)cc1. The number of rotatable bonds is 9. The second-order valence-electron chi connectivity index (χ2n) is 5.99. The van der Waals surface area contributed by atoms with Gasteiger partial charge in [0, 0.05) is 17.9 Å². The summed E-state index contributed by atoms with van der Waals surface area (Å²) in [6, 6.07) is 6.91. The van der Waals surface area contributed by atoms with Gasteiger partial charge in [0.25, 0.3) is 5.91 Å². The maximum atomic E-state index is 12.1. The number of nitrogens with one attached hydrogen (secondary N) is 1. The zero-order valence-electron chi connectivity index (χ0n) is 13.8. The van der Waals surface area contributed by atoms with Crippen LogP contribution in [0.2, 0.25) is 0 Å². The summed E-state index contributed by atoms with van der Waals surface area (Å²) in [6.07, 6.45) is 6.97. The molecule has 1 rings (SSSR count). The molecule has 5 heteroatoms. The first-order chi connectivity index (χ1) is 10.3. The van der Waals surface area contributed by atoms with Gasteiger partial charge in [0.15, 0.2) is 9.84 Å². The quantitative estimate of drug-likeness (QED) is 0.708. The highest BCUT2D eigenvalue weighted by Crippen LogP contribution is 2.09. The van der Waals surface area contributed by atoms with Gasteiger partial charge >= 0.3 is 0 Å². The van der Waals surface area contributed by atoms with Crippen molar-refractivity contribution in [2.75, 3.05) is 6.26 Å². The van der Waals surface area contributed by atoms with Gasteiger partial charge in [-0.2, -0.15) is 0 Å².